The van der Waals surface area contributed by atoms with E-state index in [1.54, 1.807) is 12.1 Å². The summed E-state index contributed by atoms with van der Waals surface area (Å²) < 4.78 is 0. The molecule has 0 fully saturated rings. The van der Waals surface area contributed by atoms with Gasteiger partial charge in [0.05, 0.1) is 0 Å². The van der Waals surface area contributed by atoms with Gasteiger partial charge in [-0.25, -0.2) is 0 Å². The molecule has 1 aromatic rings. The lowest BCUT2D eigenvalue weighted by Gasteiger charge is -1.99. The van der Waals surface area contributed by atoms with E-state index in [4.69, 9.17) is 0 Å². The predicted octanol–water partition coefficient (Wildman–Crippen LogP) is 1.44. The maximum Gasteiger partial charge on any atom is 0.124 e. The largest absolute Gasteiger partial charge is 0.508 e. The van der Waals surface area contributed by atoms with Crippen LogP contribution in [-0.2, 0) is 11.2 Å². The maximum atomic E-state index is 10.1. The van der Waals surface area contributed by atoms with Gasteiger partial charge in [-0.05, 0) is 24.1 Å². The molecule has 0 amide bonds. The van der Waals surface area contributed by atoms with Gasteiger partial charge in [-0.1, -0.05) is 12.1 Å². The molecule has 1 aromatic carbocycles. The van der Waals surface area contributed by atoms with E-state index >= 15 is 0 Å². The molecule has 0 saturated carbocycles. The Bertz CT molecular complexity index is 266. The average molecular weight is 150 g/mol. The van der Waals surface area contributed by atoms with E-state index in [1.165, 1.54) is 0 Å². The van der Waals surface area contributed by atoms with Crippen molar-refractivity contribution in [3.05, 3.63) is 29.3 Å². The van der Waals surface area contributed by atoms with Gasteiger partial charge in [0, 0.05) is 6.42 Å². The van der Waals surface area contributed by atoms with Crippen LogP contribution in [-0.4, -0.2) is 11.4 Å². The van der Waals surface area contributed by atoms with Crippen LogP contribution >= 0.6 is 0 Å². The van der Waals surface area contributed by atoms with E-state index < -0.39 is 0 Å². The molecule has 0 spiro atoms. The Morgan fingerprint density at radius 2 is 2.27 bits per heavy atom. The molecule has 0 saturated heterocycles. The first-order valence-electron chi connectivity index (χ1n) is 3.46. The summed E-state index contributed by atoms with van der Waals surface area (Å²) in [6.45, 7) is 1.82. The van der Waals surface area contributed by atoms with E-state index in [2.05, 4.69) is 0 Å². The lowest BCUT2D eigenvalue weighted by molar-refractivity contribution is -0.107. The third-order valence-electron chi connectivity index (χ3n) is 1.59. The Kier molecular flexibility index (Phi) is 2.26. The van der Waals surface area contributed by atoms with Crippen LogP contribution in [0.25, 0.3) is 0 Å². The van der Waals surface area contributed by atoms with Crippen molar-refractivity contribution in [1.29, 1.82) is 0 Å². The van der Waals surface area contributed by atoms with Gasteiger partial charge in [-0.3, -0.25) is 0 Å². The summed E-state index contributed by atoms with van der Waals surface area (Å²) in [5, 5.41) is 9.21. The minimum atomic E-state index is 0.254. The molecule has 11 heavy (non-hydrogen) atoms. The fourth-order valence-electron chi connectivity index (χ4n) is 0.878. The molecule has 0 aliphatic carbocycles. The summed E-state index contributed by atoms with van der Waals surface area (Å²) >= 11 is 0. The lowest BCUT2D eigenvalue weighted by Crippen LogP contribution is -1.85. The van der Waals surface area contributed by atoms with E-state index in [1.807, 2.05) is 13.0 Å². The predicted molar refractivity (Wildman–Crippen MR) is 42.6 cm³/mol. The standard InChI is InChI=1S/C9H10O2/c1-7-2-3-8(4-5-10)6-9(7)11/h2-3,5-6,11H,4H2,1H3. The molecule has 0 bridgehead atoms. The van der Waals surface area contributed by atoms with Crippen molar-refractivity contribution in [2.24, 2.45) is 0 Å². The van der Waals surface area contributed by atoms with Crippen LogP contribution in [0.5, 0.6) is 5.75 Å². The van der Waals surface area contributed by atoms with E-state index in [9.17, 15) is 9.90 Å². The van der Waals surface area contributed by atoms with Crippen LogP contribution in [0.4, 0.5) is 0 Å². The molecule has 0 unspecified atom stereocenters. The fourth-order valence-corrected chi connectivity index (χ4v) is 0.878. The molecule has 0 radical (unpaired) electrons. The van der Waals surface area contributed by atoms with Crippen LogP contribution in [0.2, 0.25) is 0 Å². The Hall–Kier alpha value is -1.31. The quantitative estimate of drug-likeness (QED) is 0.648. The Morgan fingerprint density at radius 3 is 2.82 bits per heavy atom. The molecular weight excluding hydrogens is 140 g/mol. The van der Waals surface area contributed by atoms with Gasteiger partial charge < -0.3 is 9.90 Å². The molecule has 0 aliphatic rings. The smallest absolute Gasteiger partial charge is 0.124 e. The SMILES string of the molecule is Cc1ccc(CC=O)cc1O. The number of phenolic OH excluding ortho intramolecular Hbond substituents is 1. The summed E-state index contributed by atoms with van der Waals surface area (Å²) in [6, 6.07) is 5.25. The highest BCUT2D eigenvalue weighted by Gasteiger charge is 1.96. The van der Waals surface area contributed by atoms with Gasteiger partial charge in [0.25, 0.3) is 0 Å². The van der Waals surface area contributed by atoms with Gasteiger partial charge in [-0.15, -0.1) is 0 Å². The number of phenols is 1. The summed E-state index contributed by atoms with van der Waals surface area (Å²) in [5.74, 6) is 0.254. The van der Waals surface area contributed by atoms with Crippen molar-refractivity contribution in [3.8, 4) is 5.75 Å². The van der Waals surface area contributed by atoms with E-state index in [0.29, 0.717) is 6.42 Å². The highest BCUT2D eigenvalue weighted by molar-refractivity contribution is 5.55. The number of aromatic hydroxyl groups is 1. The summed E-state index contributed by atoms with van der Waals surface area (Å²) in [5.41, 5.74) is 1.68. The van der Waals surface area contributed by atoms with Crippen LogP contribution in [0.1, 0.15) is 11.1 Å². The fraction of sp³-hybridized carbons (Fsp3) is 0.222. The second-order valence-corrected chi connectivity index (χ2v) is 2.49. The van der Waals surface area contributed by atoms with Crippen molar-refractivity contribution in [2.45, 2.75) is 13.3 Å². The second kappa shape index (κ2) is 3.19. The number of benzene rings is 1. The number of rotatable bonds is 2. The van der Waals surface area contributed by atoms with Crippen molar-refractivity contribution in [3.63, 3.8) is 0 Å². The molecule has 0 aliphatic heterocycles. The maximum absolute atomic E-state index is 10.1. The first-order chi connectivity index (χ1) is 5.24. The normalized spacial score (nSPS) is 9.55. The molecule has 2 heteroatoms. The molecule has 1 rings (SSSR count). The van der Waals surface area contributed by atoms with Gasteiger partial charge >= 0.3 is 0 Å². The summed E-state index contributed by atoms with van der Waals surface area (Å²) in [7, 11) is 0. The van der Waals surface area contributed by atoms with Crippen LogP contribution in [0.15, 0.2) is 18.2 Å². The van der Waals surface area contributed by atoms with E-state index in [0.717, 1.165) is 17.4 Å². The molecule has 58 valence electrons. The highest BCUT2D eigenvalue weighted by atomic mass is 16.3. The first-order valence-corrected chi connectivity index (χ1v) is 3.46. The van der Waals surface area contributed by atoms with Gasteiger partial charge in [-0.2, -0.15) is 0 Å². The Labute approximate surface area is 65.5 Å². The van der Waals surface area contributed by atoms with Crippen LogP contribution in [0, 0.1) is 6.92 Å². The van der Waals surface area contributed by atoms with E-state index in [-0.39, 0.29) is 5.75 Å². The zero-order valence-corrected chi connectivity index (χ0v) is 6.37. The number of carbonyl (C=O) groups is 1. The summed E-state index contributed by atoms with van der Waals surface area (Å²) in [6.07, 6.45) is 1.19. The summed E-state index contributed by atoms with van der Waals surface area (Å²) in [4.78, 5) is 10.1. The minimum absolute atomic E-state index is 0.254. The van der Waals surface area contributed by atoms with Gasteiger partial charge in [0.2, 0.25) is 0 Å². The average Bonchev–Trinajstić information content (AvgIpc) is 1.98. The minimum Gasteiger partial charge on any atom is -0.508 e. The number of aryl methyl sites for hydroxylation is 1. The molecule has 1 N–H and O–H groups in total. The third kappa shape index (κ3) is 1.80. The zero-order valence-electron chi connectivity index (χ0n) is 6.37. The molecule has 0 heterocycles. The Morgan fingerprint density at radius 1 is 1.55 bits per heavy atom. The van der Waals surface area contributed by atoms with Crippen LogP contribution < -0.4 is 0 Å². The van der Waals surface area contributed by atoms with Crippen LogP contribution in [0.3, 0.4) is 0 Å². The molecule has 0 aromatic heterocycles. The first kappa shape index (κ1) is 7.79. The van der Waals surface area contributed by atoms with Crippen molar-refractivity contribution in [2.75, 3.05) is 0 Å². The third-order valence-corrected chi connectivity index (χ3v) is 1.59. The van der Waals surface area contributed by atoms with Gasteiger partial charge in [0.1, 0.15) is 12.0 Å². The van der Waals surface area contributed by atoms with Crippen molar-refractivity contribution in [1.82, 2.24) is 0 Å². The van der Waals surface area contributed by atoms with Crippen molar-refractivity contribution >= 4 is 6.29 Å². The van der Waals surface area contributed by atoms with Crippen molar-refractivity contribution < 1.29 is 9.90 Å². The van der Waals surface area contributed by atoms with Gasteiger partial charge in [0.15, 0.2) is 0 Å². The number of hydrogen-bond acceptors (Lipinski definition) is 2. The number of carbonyl (C=O) groups excluding carboxylic acids is 1. The molecule has 2 nitrogen and oxygen atoms in total. The monoisotopic (exact) mass is 150 g/mol. The number of hydrogen-bond donors (Lipinski definition) is 1. The molecular formula is C9H10O2. The molecule has 0 atom stereocenters. The number of aldehydes is 1. The zero-order chi connectivity index (χ0) is 8.27. The Balaban J connectivity index is 2.95. The highest BCUT2D eigenvalue weighted by Crippen LogP contribution is 2.16. The second-order valence-electron chi connectivity index (χ2n) is 2.49. The topological polar surface area (TPSA) is 37.3 Å². The lowest BCUT2D eigenvalue weighted by atomic mass is 10.1.